The van der Waals surface area contributed by atoms with E-state index in [1.807, 2.05) is 11.8 Å². The van der Waals surface area contributed by atoms with Gasteiger partial charge in [0, 0.05) is 5.25 Å². The molecule has 0 aliphatic rings. The van der Waals surface area contributed by atoms with Crippen molar-refractivity contribution < 1.29 is 4.79 Å². The summed E-state index contributed by atoms with van der Waals surface area (Å²) in [5.74, 6) is 1.73. The lowest BCUT2D eigenvalue weighted by atomic mass is 10.4. The molecule has 72 valence electrons. The number of nitrogens with zero attached hydrogens (tertiary/aromatic N) is 1. The van der Waals surface area contributed by atoms with Crippen molar-refractivity contribution in [3.05, 3.63) is 17.7 Å². The van der Waals surface area contributed by atoms with Gasteiger partial charge in [0.25, 0.3) is 0 Å². The Morgan fingerprint density at radius 3 is 3.08 bits per heavy atom. The van der Waals surface area contributed by atoms with Crippen LogP contribution < -0.4 is 0 Å². The summed E-state index contributed by atoms with van der Waals surface area (Å²) < 4.78 is 0. The third kappa shape index (κ3) is 3.22. The summed E-state index contributed by atoms with van der Waals surface area (Å²) in [7, 11) is 0. The quantitative estimate of drug-likeness (QED) is 0.738. The number of carbonyl (C=O) groups excluding carboxylic acids is 1. The maximum atomic E-state index is 10.3. The second-order valence-electron chi connectivity index (χ2n) is 2.93. The molecule has 0 bridgehead atoms. The van der Waals surface area contributed by atoms with E-state index in [2.05, 4.69) is 23.8 Å². The number of imidazole rings is 1. The molecule has 0 spiro atoms. The Hall–Kier alpha value is -0.770. The summed E-state index contributed by atoms with van der Waals surface area (Å²) in [5, 5.41) is 0.643. The molecule has 13 heavy (non-hydrogen) atoms. The van der Waals surface area contributed by atoms with Gasteiger partial charge in [-0.05, 0) is 6.42 Å². The van der Waals surface area contributed by atoms with Crippen LogP contribution >= 0.6 is 11.8 Å². The normalized spacial score (nSPS) is 12.8. The lowest BCUT2D eigenvalue weighted by Crippen LogP contribution is -1.94. The number of aldehydes is 1. The van der Waals surface area contributed by atoms with Crippen molar-refractivity contribution in [3.63, 3.8) is 0 Å². The Labute approximate surface area is 82.3 Å². The Morgan fingerprint density at radius 1 is 1.77 bits per heavy atom. The van der Waals surface area contributed by atoms with Crippen LogP contribution in [0.2, 0.25) is 0 Å². The van der Waals surface area contributed by atoms with Crippen molar-refractivity contribution >= 4 is 18.0 Å². The van der Waals surface area contributed by atoms with E-state index in [-0.39, 0.29) is 0 Å². The van der Waals surface area contributed by atoms with Crippen molar-refractivity contribution in [3.8, 4) is 0 Å². The molecule has 0 amide bonds. The average Bonchev–Trinajstić information content (AvgIpc) is 2.61. The topological polar surface area (TPSA) is 45.8 Å². The first-order chi connectivity index (χ1) is 6.26. The van der Waals surface area contributed by atoms with E-state index in [0.29, 0.717) is 10.9 Å². The van der Waals surface area contributed by atoms with Crippen LogP contribution in [0.5, 0.6) is 0 Å². The first kappa shape index (κ1) is 10.3. The standard InChI is InChI=1S/C9H14N2OS/c1-3-7(2)13-6-9-10-4-8(5-12)11-9/h4-5,7H,3,6H2,1-2H3,(H,10,11). The van der Waals surface area contributed by atoms with Gasteiger partial charge in [-0.3, -0.25) is 4.79 Å². The number of rotatable bonds is 5. The summed E-state index contributed by atoms with van der Waals surface area (Å²) >= 11 is 1.84. The molecule has 0 fully saturated rings. The maximum Gasteiger partial charge on any atom is 0.167 e. The van der Waals surface area contributed by atoms with Gasteiger partial charge in [0.2, 0.25) is 0 Å². The maximum absolute atomic E-state index is 10.3. The Bertz CT molecular complexity index is 272. The lowest BCUT2D eigenvalue weighted by Gasteiger charge is -2.05. The second kappa shape index (κ2) is 5.07. The molecule has 0 saturated heterocycles. The Morgan fingerprint density at radius 2 is 2.54 bits per heavy atom. The summed E-state index contributed by atoms with van der Waals surface area (Å²) in [4.78, 5) is 17.4. The van der Waals surface area contributed by atoms with E-state index in [9.17, 15) is 4.79 Å². The third-order valence-corrected chi connectivity index (χ3v) is 3.20. The highest BCUT2D eigenvalue weighted by atomic mass is 32.2. The molecule has 4 heteroatoms. The van der Waals surface area contributed by atoms with Crippen molar-refractivity contribution in [1.82, 2.24) is 9.97 Å². The number of carbonyl (C=O) groups is 1. The molecule has 1 N–H and O–H groups in total. The number of H-pyrrole nitrogens is 1. The molecule has 1 unspecified atom stereocenters. The van der Waals surface area contributed by atoms with Gasteiger partial charge in [-0.2, -0.15) is 11.8 Å². The van der Waals surface area contributed by atoms with Crippen molar-refractivity contribution in [1.29, 1.82) is 0 Å². The van der Waals surface area contributed by atoms with Crippen molar-refractivity contribution in [2.45, 2.75) is 31.3 Å². The molecule has 0 saturated carbocycles. The minimum Gasteiger partial charge on any atom is -0.339 e. The van der Waals surface area contributed by atoms with Crippen LogP contribution in [0.25, 0.3) is 0 Å². The number of nitrogens with one attached hydrogen (secondary N) is 1. The molecule has 1 heterocycles. The molecule has 1 rings (SSSR count). The SMILES string of the molecule is CCC(C)SCc1ncc(C=O)[nH]1. The van der Waals surface area contributed by atoms with E-state index in [4.69, 9.17) is 0 Å². The molecule has 0 aliphatic carbocycles. The van der Waals surface area contributed by atoms with E-state index >= 15 is 0 Å². The fourth-order valence-corrected chi connectivity index (χ4v) is 1.68. The predicted octanol–water partition coefficient (Wildman–Crippen LogP) is 2.25. The van der Waals surface area contributed by atoms with Crippen LogP contribution in [0.3, 0.4) is 0 Å². The van der Waals surface area contributed by atoms with Crippen LogP contribution in [-0.4, -0.2) is 21.5 Å². The monoisotopic (exact) mass is 198 g/mol. The van der Waals surface area contributed by atoms with E-state index in [0.717, 1.165) is 24.3 Å². The molecule has 0 radical (unpaired) electrons. The highest BCUT2D eigenvalue weighted by Crippen LogP contribution is 2.17. The summed E-state index contributed by atoms with van der Waals surface area (Å²) in [6, 6.07) is 0. The van der Waals surface area contributed by atoms with Gasteiger partial charge in [0.05, 0.1) is 17.6 Å². The van der Waals surface area contributed by atoms with Gasteiger partial charge >= 0.3 is 0 Å². The highest BCUT2D eigenvalue weighted by Gasteiger charge is 2.03. The Balaban J connectivity index is 2.40. The molecular formula is C9H14N2OS. The highest BCUT2D eigenvalue weighted by molar-refractivity contribution is 7.99. The van der Waals surface area contributed by atoms with Gasteiger partial charge in [-0.15, -0.1) is 0 Å². The molecule has 3 nitrogen and oxygen atoms in total. The van der Waals surface area contributed by atoms with Crippen molar-refractivity contribution in [2.75, 3.05) is 0 Å². The molecule has 0 aliphatic heterocycles. The van der Waals surface area contributed by atoms with E-state index in [1.165, 1.54) is 0 Å². The summed E-state index contributed by atoms with van der Waals surface area (Å²) in [6.45, 7) is 4.35. The number of aromatic nitrogens is 2. The van der Waals surface area contributed by atoms with Crippen LogP contribution in [0.4, 0.5) is 0 Å². The van der Waals surface area contributed by atoms with E-state index in [1.54, 1.807) is 6.20 Å². The molecular weight excluding hydrogens is 184 g/mol. The van der Waals surface area contributed by atoms with Gasteiger partial charge < -0.3 is 4.98 Å². The largest absolute Gasteiger partial charge is 0.339 e. The van der Waals surface area contributed by atoms with Crippen molar-refractivity contribution in [2.24, 2.45) is 0 Å². The Kier molecular flexibility index (Phi) is 4.02. The zero-order valence-corrected chi connectivity index (χ0v) is 8.73. The number of hydrogen-bond acceptors (Lipinski definition) is 3. The van der Waals surface area contributed by atoms with Crippen LogP contribution in [0.1, 0.15) is 36.6 Å². The van der Waals surface area contributed by atoms with E-state index < -0.39 is 0 Å². The smallest absolute Gasteiger partial charge is 0.167 e. The zero-order valence-electron chi connectivity index (χ0n) is 7.91. The number of thioether (sulfide) groups is 1. The minimum absolute atomic E-state index is 0.555. The first-order valence-corrected chi connectivity index (χ1v) is 5.41. The molecule has 1 atom stereocenters. The number of aromatic amines is 1. The lowest BCUT2D eigenvalue weighted by molar-refractivity contribution is 0.111. The molecule has 1 aromatic rings. The number of hydrogen-bond donors (Lipinski definition) is 1. The van der Waals surface area contributed by atoms with Gasteiger partial charge in [0.1, 0.15) is 5.82 Å². The van der Waals surface area contributed by atoms with Crippen LogP contribution in [0, 0.1) is 0 Å². The van der Waals surface area contributed by atoms with Gasteiger partial charge in [0.15, 0.2) is 6.29 Å². The fourth-order valence-electron chi connectivity index (χ4n) is 0.851. The van der Waals surface area contributed by atoms with Crippen LogP contribution in [-0.2, 0) is 5.75 Å². The summed E-state index contributed by atoms with van der Waals surface area (Å²) in [6.07, 6.45) is 3.51. The fraction of sp³-hybridized carbons (Fsp3) is 0.556. The second-order valence-corrected chi connectivity index (χ2v) is 4.36. The average molecular weight is 198 g/mol. The van der Waals surface area contributed by atoms with Gasteiger partial charge in [-0.1, -0.05) is 13.8 Å². The third-order valence-electron chi connectivity index (χ3n) is 1.85. The summed E-state index contributed by atoms with van der Waals surface area (Å²) in [5.41, 5.74) is 0.555. The molecule has 1 aromatic heterocycles. The molecule has 0 aromatic carbocycles. The van der Waals surface area contributed by atoms with Gasteiger partial charge in [-0.25, -0.2) is 4.98 Å². The minimum atomic E-state index is 0.555. The zero-order chi connectivity index (χ0) is 9.68. The van der Waals surface area contributed by atoms with Crippen LogP contribution in [0.15, 0.2) is 6.20 Å². The first-order valence-electron chi connectivity index (χ1n) is 4.37. The predicted molar refractivity (Wildman–Crippen MR) is 55.0 cm³/mol.